The minimum atomic E-state index is -0.340. The van der Waals surface area contributed by atoms with Crippen molar-refractivity contribution in [1.82, 2.24) is 0 Å². The summed E-state index contributed by atoms with van der Waals surface area (Å²) in [5.41, 5.74) is 2.38. The van der Waals surface area contributed by atoms with Crippen LogP contribution in [0.2, 0.25) is 0 Å². The van der Waals surface area contributed by atoms with Gasteiger partial charge in [-0.15, -0.1) is 0 Å². The number of anilines is 1. The van der Waals surface area contributed by atoms with Gasteiger partial charge in [0.05, 0.1) is 9.40 Å². The second-order valence-corrected chi connectivity index (χ2v) is 4.78. The first-order chi connectivity index (χ1) is 7.63. The zero-order valence-electron chi connectivity index (χ0n) is 9.07. The molecule has 2 rings (SSSR count). The molecule has 0 saturated carbocycles. The number of halogens is 1. The Morgan fingerprint density at radius 1 is 1.56 bits per heavy atom. The number of benzene rings is 1. The van der Waals surface area contributed by atoms with Gasteiger partial charge in [0, 0.05) is 24.8 Å². The minimum absolute atomic E-state index is 0.154. The average molecular weight is 285 g/mol. The smallest absolute Gasteiger partial charge is 0.285 e. The van der Waals surface area contributed by atoms with E-state index >= 15 is 0 Å². The van der Waals surface area contributed by atoms with Gasteiger partial charge in [0.2, 0.25) is 0 Å². The molecule has 0 N–H and O–H groups in total. The van der Waals surface area contributed by atoms with Crippen molar-refractivity contribution in [2.24, 2.45) is 0 Å². The largest absolute Gasteiger partial charge is 0.371 e. The molecule has 0 spiro atoms. The van der Waals surface area contributed by atoms with Gasteiger partial charge < -0.3 is 4.90 Å². The first-order valence-electron chi connectivity index (χ1n) is 5.35. The quantitative estimate of drug-likeness (QED) is 0.633. The van der Waals surface area contributed by atoms with E-state index in [0.717, 1.165) is 31.6 Å². The molecule has 0 saturated heterocycles. The fourth-order valence-electron chi connectivity index (χ4n) is 2.10. The Bertz CT molecular complexity index is 434. The van der Waals surface area contributed by atoms with Crippen LogP contribution in [-0.2, 0) is 6.42 Å². The van der Waals surface area contributed by atoms with E-state index in [1.165, 1.54) is 5.56 Å². The molecule has 1 aromatic rings. The van der Waals surface area contributed by atoms with E-state index < -0.39 is 0 Å². The van der Waals surface area contributed by atoms with Crippen LogP contribution in [0.1, 0.15) is 18.9 Å². The molecule has 0 amide bonds. The van der Waals surface area contributed by atoms with Crippen molar-refractivity contribution in [3.8, 4) is 0 Å². The van der Waals surface area contributed by atoms with Crippen LogP contribution in [0, 0.1) is 10.1 Å². The van der Waals surface area contributed by atoms with Crippen molar-refractivity contribution in [3.63, 3.8) is 0 Å². The van der Waals surface area contributed by atoms with Crippen molar-refractivity contribution in [2.75, 3.05) is 18.0 Å². The number of nitro groups is 1. The minimum Gasteiger partial charge on any atom is -0.371 e. The number of fused-ring (bicyclic) bond motifs is 1. The molecule has 5 heteroatoms. The predicted molar refractivity (Wildman–Crippen MR) is 67.0 cm³/mol. The summed E-state index contributed by atoms with van der Waals surface area (Å²) in [4.78, 5) is 12.7. The molecule has 16 heavy (non-hydrogen) atoms. The Kier molecular flexibility index (Phi) is 3.14. The fraction of sp³-hybridized carbons (Fsp3) is 0.455. The van der Waals surface area contributed by atoms with Gasteiger partial charge in [-0.2, -0.15) is 0 Å². The van der Waals surface area contributed by atoms with Gasteiger partial charge in [-0.25, -0.2) is 0 Å². The molecule has 0 atom stereocenters. The third kappa shape index (κ3) is 1.91. The zero-order valence-corrected chi connectivity index (χ0v) is 10.7. The predicted octanol–water partition coefficient (Wildman–Crippen LogP) is 3.13. The molecule has 0 bridgehead atoms. The molecule has 0 aromatic heterocycles. The van der Waals surface area contributed by atoms with Gasteiger partial charge in [0.1, 0.15) is 0 Å². The standard InChI is InChI=1S/C11H13BrN2O2/c1-2-4-13-5-3-8-6-9(12)11(14(15)16)7-10(8)13/h6-7H,2-5H2,1H3. The maximum atomic E-state index is 10.8. The highest BCUT2D eigenvalue weighted by Gasteiger charge is 2.23. The molecule has 4 nitrogen and oxygen atoms in total. The highest BCUT2D eigenvalue weighted by molar-refractivity contribution is 9.10. The molecule has 1 aliphatic heterocycles. The first kappa shape index (κ1) is 11.4. The summed E-state index contributed by atoms with van der Waals surface area (Å²) in [6, 6.07) is 3.56. The molecule has 0 radical (unpaired) electrons. The first-order valence-corrected chi connectivity index (χ1v) is 6.14. The van der Waals surface area contributed by atoms with Crippen LogP contribution < -0.4 is 4.90 Å². The summed E-state index contributed by atoms with van der Waals surface area (Å²) in [5, 5.41) is 10.8. The Hall–Kier alpha value is -1.10. The number of hydrogen-bond acceptors (Lipinski definition) is 3. The monoisotopic (exact) mass is 284 g/mol. The zero-order chi connectivity index (χ0) is 11.7. The van der Waals surface area contributed by atoms with Crippen LogP contribution in [0.15, 0.2) is 16.6 Å². The van der Waals surface area contributed by atoms with Gasteiger partial charge >= 0.3 is 0 Å². The SMILES string of the molecule is CCCN1CCc2cc(Br)c([N+](=O)[O-])cc21. The number of nitrogens with zero attached hydrogens (tertiary/aromatic N) is 2. The van der Waals surface area contributed by atoms with Crippen molar-refractivity contribution < 1.29 is 4.92 Å². The third-order valence-corrected chi connectivity index (χ3v) is 3.47. The van der Waals surface area contributed by atoms with Crippen LogP contribution >= 0.6 is 15.9 Å². The van der Waals surface area contributed by atoms with Crippen molar-refractivity contribution in [1.29, 1.82) is 0 Å². The summed E-state index contributed by atoms with van der Waals surface area (Å²) in [5.74, 6) is 0. The van der Waals surface area contributed by atoms with Crippen LogP contribution in [-0.4, -0.2) is 18.0 Å². The number of nitro benzene ring substituents is 1. The Labute approximate surface area is 103 Å². The molecule has 1 aliphatic rings. The van der Waals surface area contributed by atoms with E-state index in [9.17, 15) is 10.1 Å². The van der Waals surface area contributed by atoms with Crippen molar-refractivity contribution in [2.45, 2.75) is 19.8 Å². The van der Waals surface area contributed by atoms with E-state index in [1.807, 2.05) is 6.07 Å². The number of hydrogen-bond donors (Lipinski definition) is 0. The maximum Gasteiger partial charge on any atom is 0.285 e. The lowest BCUT2D eigenvalue weighted by Crippen LogP contribution is -2.20. The Morgan fingerprint density at radius 2 is 2.31 bits per heavy atom. The van der Waals surface area contributed by atoms with E-state index in [1.54, 1.807) is 6.07 Å². The van der Waals surface area contributed by atoms with Gasteiger partial charge in [0.25, 0.3) is 5.69 Å². The van der Waals surface area contributed by atoms with Gasteiger partial charge in [0.15, 0.2) is 0 Å². The van der Waals surface area contributed by atoms with Crippen LogP contribution in [0.25, 0.3) is 0 Å². The van der Waals surface area contributed by atoms with Gasteiger partial charge in [-0.1, -0.05) is 6.92 Å². The second-order valence-electron chi connectivity index (χ2n) is 3.93. The molecule has 0 unspecified atom stereocenters. The maximum absolute atomic E-state index is 10.8. The van der Waals surface area contributed by atoms with E-state index in [-0.39, 0.29) is 10.6 Å². The van der Waals surface area contributed by atoms with Gasteiger partial charge in [-0.3, -0.25) is 10.1 Å². The van der Waals surface area contributed by atoms with Crippen LogP contribution in [0.5, 0.6) is 0 Å². The third-order valence-electron chi connectivity index (χ3n) is 2.83. The number of rotatable bonds is 3. The van der Waals surface area contributed by atoms with Gasteiger partial charge in [-0.05, 0) is 40.4 Å². The van der Waals surface area contributed by atoms with Crippen molar-refractivity contribution >= 4 is 27.3 Å². The summed E-state index contributed by atoms with van der Waals surface area (Å²) in [6.45, 7) is 4.05. The lowest BCUT2D eigenvalue weighted by atomic mass is 10.1. The molecule has 1 heterocycles. The second kappa shape index (κ2) is 4.41. The molecular weight excluding hydrogens is 272 g/mol. The van der Waals surface area contributed by atoms with Crippen LogP contribution in [0.3, 0.4) is 0 Å². The van der Waals surface area contributed by atoms with E-state index in [0.29, 0.717) is 4.47 Å². The normalized spacial score (nSPS) is 14.0. The summed E-state index contributed by atoms with van der Waals surface area (Å²) in [6.07, 6.45) is 2.04. The molecule has 0 fully saturated rings. The highest BCUT2D eigenvalue weighted by atomic mass is 79.9. The molecule has 0 aliphatic carbocycles. The fourth-order valence-corrected chi connectivity index (χ4v) is 2.64. The Balaban J connectivity index is 2.42. The van der Waals surface area contributed by atoms with E-state index in [2.05, 4.69) is 27.8 Å². The summed E-state index contributed by atoms with van der Waals surface area (Å²) < 4.78 is 0.578. The molecule has 86 valence electrons. The topological polar surface area (TPSA) is 46.4 Å². The van der Waals surface area contributed by atoms with E-state index in [4.69, 9.17) is 0 Å². The summed E-state index contributed by atoms with van der Waals surface area (Å²) >= 11 is 3.25. The lowest BCUT2D eigenvalue weighted by Gasteiger charge is -2.17. The average Bonchev–Trinajstić information content (AvgIpc) is 2.60. The highest BCUT2D eigenvalue weighted by Crippen LogP contribution is 2.36. The Morgan fingerprint density at radius 3 is 2.94 bits per heavy atom. The van der Waals surface area contributed by atoms with Crippen LogP contribution in [0.4, 0.5) is 11.4 Å². The lowest BCUT2D eigenvalue weighted by molar-refractivity contribution is -0.385. The molecule has 1 aromatic carbocycles. The summed E-state index contributed by atoms with van der Waals surface area (Å²) in [7, 11) is 0. The van der Waals surface area contributed by atoms with Crippen molar-refractivity contribution in [3.05, 3.63) is 32.3 Å². The molecular formula is C11H13BrN2O2.